The molecule has 0 aliphatic carbocycles. The van der Waals surface area contributed by atoms with E-state index in [1.165, 1.54) is 25.3 Å². The zero-order chi connectivity index (χ0) is 20.1. The van der Waals surface area contributed by atoms with Crippen LogP contribution >= 0.6 is 11.6 Å². The first kappa shape index (κ1) is 19.5. The lowest BCUT2D eigenvalue weighted by molar-refractivity contribution is 0.104. The monoisotopic (exact) mass is 398 g/mol. The summed E-state index contributed by atoms with van der Waals surface area (Å²) in [6.45, 7) is 0.487. The van der Waals surface area contributed by atoms with Gasteiger partial charge in [0.2, 0.25) is 0 Å². The third-order valence-electron chi connectivity index (χ3n) is 4.13. The third-order valence-corrected chi connectivity index (χ3v) is 4.33. The Kier molecular flexibility index (Phi) is 6.01. The van der Waals surface area contributed by atoms with E-state index in [2.05, 4.69) is 5.10 Å². The van der Waals surface area contributed by atoms with E-state index in [1.807, 2.05) is 18.2 Å². The average Bonchev–Trinajstić information content (AvgIpc) is 3.11. The molecule has 0 fully saturated rings. The molecular weight excluding hydrogens is 380 g/mol. The Bertz CT molecular complexity index is 1030. The van der Waals surface area contributed by atoms with Gasteiger partial charge in [-0.15, -0.1) is 0 Å². The molecule has 0 aliphatic rings. The zero-order valence-corrected chi connectivity index (χ0v) is 16.2. The second kappa shape index (κ2) is 8.63. The molecule has 7 heteroatoms. The van der Waals surface area contributed by atoms with Gasteiger partial charge < -0.3 is 14.6 Å². The quantitative estimate of drug-likeness (QED) is 0.477. The molecule has 0 bridgehead atoms. The molecule has 3 rings (SSSR count). The van der Waals surface area contributed by atoms with Gasteiger partial charge in [-0.05, 0) is 42.0 Å². The van der Waals surface area contributed by atoms with Crippen LogP contribution in [0.2, 0.25) is 5.02 Å². The summed E-state index contributed by atoms with van der Waals surface area (Å²) < 4.78 is 12.2. The average molecular weight is 399 g/mol. The predicted octanol–water partition coefficient (Wildman–Crippen LogP) is 4.20. The summed E-state index contributed by atoms with van der Waals surface area (Å²) in [5.74, 6) is 0.762. The van der Waals surface area contributed by atoms with Gasteiger partial charge >= 0.3 is 0 Å². The first-order valence-electron chi connectivity index (χ1n) is 8.44. The first-order valence-corrected chi connectivity index (χ1v) is 8.82. The number of ether oxygens (including phenoxy) is 2. The highest BCUT2D eigenvalue weighted by Crippen LogP contribution is 2.27. The van der Waals surface area contributed by atoms with Gasteiger partial charge in [0.15, 0.2) is 17.3 Å². The highest BCUT2D eigenvalue weighted by Gasteiger charge is 2.09. The summed E-state index contributed by atoms with van der Waals surface area (Å²) in [7, 11) is 3.04. The molecule has 0 spiro atoms. The van der Waals surface area contributed by atoms with Crippen molar-refractivity contribution in [1.29, 1.82) is 0 Å². The van der Waals surface area contributed by atoms with Crippen molar-refractivity contribution in [2.45, 2.75) is 6.54 Å². The summed E-state index contributed by atoms with van der Waals surface area (Å²) in [5.41, 5.74) is 2.17. The number of aromatic hydroxyl groups is 1. The number of benzene rings is 2. The molecule has 6 nitrogen and oxygen atoms in total. The Balaban J connectivity index is 1.81. The minimum absolute atomic E-state index is 0.0125. The van der Waals surface area contributed by atoms with Gasteiger partial charge in [-0.1, -0.05) is 23.7 Å². The number of halogens is 1. The largest absolute Gasteiger partial charge is 0.504 e. The van der Waals surface area contributed by atoms with E-state index in [-0.39, 0.29) is 17.3 Å². The lowest BCUT2D eigenvalue weighted by Gasteiger charge is -2.10. The fraction of sp³-hybridized carbons (Fsp3) is 0.143. The molecule has 1 aromatic heterocycles. The van der Waals surface area contributed by atoms with Crippen LogP contribution in [0, 0.1) is 0 Å². The molecule has 0 atom stereocenters. The van der Waals surface area contributed by atoms with Gasteiger partial charge in [0, 0.05) is 17.3 Å². The van der Waals surface area contributed by atoms with Crippen LogP contribution in [0.3, 0.4) is 0 Å². The summed E-state index contributed by atoms with van der Waals surface area (Å²) in [6, 6.07) is 10.1. The number of allylic oxidation sites excluding steroid dienone is 1. The number of phenols is 1. The van der Waals surface area contributed by atoms with Gasteiger partial charge in [-0.3, -0.25) is 9.48 Å². The maximum absolute atomic E-state index is 12.4. The smallest absolute Gasteiger partial charge is 0.185 e. The minimum Gasteiger partial charge on any atom is -0.504 e. The van der Waals surface area contributed by atoms with Gasteiger partial charge in [0.05, 0.1) is 32.0 Å². The Labute approximate surface area is 167 Å². The Morgan fingerprint density at radius 2 is 1.96 bits per heavy atom. The van der Waals surface area contributed by atoms with Crippen LogP contribution in [0.25, 0.3) is 6.08 Å². The molecule has 1 heterocycles. The van der Waals surface area contributed by atoms with E-state index in [0.717, 1.165) is 16.9 Å². The number of rotatable bonds is 7. The molecule has 144 valence electrons. The molecule has 28 heavy (non-hydrogen) atoms. The van der Waals surface area contributed by atoms with Crippen LogP contribution in [-0.2, 0) is 6.54 Å². The van der Waals surface area contributed by atoms with Crippen molar-refractivity contribution >= 4 is 23.5 Å². The molecule has 0 aliphatic heterocycles. The maximum atomic E-state index is 12.4. The van der Waals surface area contributed by atoms with E-state index in [0.29, 0.717) is 17.1 Å². The number of ketones is 1. The van der Waals surface area contributed by atoms with Gasteiger partial charge in [0.25, 0.3) is 0 Å². The lowest BCUT2D eigenvalue weighted by atomic mass is 10.1. The van der Waals surface area contributed by atoms with Crippen molar-refractivity contribution in [2.24, 2.45) is 0 Å². The number of carbonyl (C=O) groups is 1. The predicted molar refractivity (Wildman–Crippen MR) is 107 cm³/mol. The van der Waals surface area contributed by atoms with Crippen molar-refractivity contribution in [3.05, 3.63) is 76.6 Å². The van der Waals surface area contributed by atoms with Gasteiger partial charge in [-0.25, -0.2) is 0 Å². The van der Waals surface area contributed by atoms with E-state index in [9.17, 15) is 9.90 Å². The van der Waals surface area contributed by atoms with E-state index in [1.54, 1.807) is 36.3 Å². The molecule has 0 unspecified atom stereocenters. The van der Waals surface area contributed by atoms with Crippen LogP contribution in [0.4, 0.5) is 0 Å². The van der Waals surface area contributed by atoms with Crippen molar-refractivity contribution in [3.8, 4) is 17.2 Å². The maximum Gasteiger partial charge on any atom is 0.185 e. The number of hydrogen-bond acceptors (Lipinski definition) is 5. The summed E-state index contributed by atoms with van der Waals surface area (Å²) >= 11 is 5.92. The number of carbonyl (C=O) groups excluding carboxylic acids is 1. The van der Waals surface area contributed by atoms with Crippen molar-refractivity contribution in [1.82, 2.24) is 9.78 Å². The number of aromatic nitrogens is 2. The van der Waals surface area contributed by atoms with Gasteiger partial charge in [0.1, 0.15) is 5.75 Å². The fourth-order valence-corrected chi connectivity index (χ4v) is 2.88. The van der Waals surface area contributed by atoms with Crippen LogP contribution in [0.15, 0.2) is 54.9 Å². The Morgan fingerprint density at radius 1 is 1.18 bits per heavy atom. The lowest BCUT2D eigenvalue weighted by Crippen LogP contribution is -2.02. The fourth-order valence-electron chi connectivity index (χ4n) is 2.72. The summed E-state index contributed by atoms with van der Waals surface area (Å²) in [4.78, 5) is 12.4. The standard InChI is InChI=1S/C21H19ClN2O4/c1-27-20-8-4-14(9-16(20)12-24-13-17(22)11-23-24)3-6-18(25)15-5-7-19(26)21(10-15)28-2/h3-11,13,26H,12H2,1-2H3/b6-3+. The van der Waals surface area contributed by atoms with Crippen molar-refractivity contribution < 1.29 is 19.4 Å². The van der Waals surface area contributed by atoms with Crippen LogP contribution in [0.5, 0.6) is 17.2 Å². The molecule has 1 N–H and O–H groups in total. The van der Waals surface area contributed by atoms with Crippen LogP contribution in [-0.4, -0.2) is 34.9 Å². The Morgan fingerprint density at radius 3 is 2.64 bits per heavy atom. The molecule has 2 aromatic carbocycles. The van der Waals surface area contributed by atoms with Crippen molar-refractivity contribution in [3.63, 3.8) is 0 Å². The van der Waals surface area contributed by atoms with E-state index in [4.69, 9.17) is 21.1 Å². The molecule has 0 saturated heterocycles. The van der Waals surface area contributed by atoms with Crippen LogP contribution in [0.1, 0.15) is 21.5 Å². The number of hydrogen-bond donors (Lipinski definition) is 1. The van der Waals surface area contributed by atoms with Crippen LogP contribution < -0.4 is 9.47 Å². The second-order valence-electron chi connectivity index (χ2n) is 6.01. The highest BCUT2D eigenvalue weighted by molar-refractivity contribution is 6.30. The molecular formula is C21H19ClN2O4. The second-order valence-corrected chi connectivity index (χ2v) is 6.45. The van der Waals surface area contributed by atoms with E-state index < -0.39 is 0 Å². The summed E-state index contributed by atoms with van der Waals surface area (Å²) in [6.07, 6.45) is 6.50. The zero-order valence-electron chi connectivity index (χ0n) is 15.4. The third kappa shape index (κ3) is 4.53. The minimum atomic E-state index is -0.200. The van der Waals surface area contributed by atoms with Crippen molar-refractivity contribution in [2.75, 3.05) is 14.2 Å². The van der Waals surface area contributed by atoms with E-state index >= 15 is 0 Å². The number of phenolic OH excluding ortho intramolecular Hbond substituents is 1. The number of methoxy groups -OCH3 is 2. The molecule has 0 saturated carbocycles. The summed E-state index contributed by atoms with van der Waals surface area (Å²) in [5, 5.41) is 14.4. The number of nitrogens with zero attached hydrogens (tertiary/aromatic N) is 2. The first-order chi connectivity index (χ1) is 13.5. The SMILES string of the molecule is COc1cc(C(=O)/C=C/c2ccc(OC)c(Cn3cc(Cl)cn3)c2)ccc1O. The molecule has 3 aromatic rings. The topological polar surface area (TPSA) is 73.6 Å². The normalized spacial score (nSPS) is 11.0. The molecule has 0 amide bonds. The Hall–Kier alpha value is -3.25. The highest BCUT2D eigenvalue weighted by atomic mass is 35.5. The van der Waals surface area contributed by atoms with Gasteiger partial charge in [-0.2, -0.15) is 5.10 Å². The molecule has 0 radical (unpaired) electrons.